The normalized spacial score (nSPS) is 9.33. The number of nitriles is 1. The molecule has 0 aromatic carbocycles. The van der Waals surface area contributed by atoms with Crippen molar-refractivity contribution < 1.29 is 4.79 Å². The van der Waals surface area contributed by atoms with E-state index in [-0.39, 0.29) is 5.91 Å². The van der Waals surface area contributed by atoms with Gasteiger partial charge in [-0.05, 0) is 19.2 Å². The molecule has 1 heterocycles. The van der Waals surface area contributed by atoms with Gasteiger partial charge in [0.2, 0.25) is 0 Å². The zero-order chi connectivity index (χ0) is 11.1. The van der Waals surface area contributed by atoms with E-state index in [4.69, 9.17) is 5.26 Å². The number of likely N-dealkylation sites (N-methyl/N-ethyl adjacent to an activating group) is 1. The van der Waals surface area contributed by atoms with Gasteiger partial charge in [-0.25, -0.2) is 4.98 Å². The van der Waals surface area contributed by atoms with Crippen LogP contribution < -0.4 is 10.6 Å². The van der Waals surface area contributed by atoms with Gasteiger partial charge in [0.1, 0.15) is 11.8 Å². The van der Waals surface area contributed by atoms with Crippen LogP contribution in [0.1, 0.15) is 16.1 Å². The van der Waals surface area contributed by atoms with Gasteiger partial charge in [-0.3, -0.25) is 4.79 Å². The third kappa shape index (κ3) is 3.37. The minimum Gasteiger partial charge on any atom is -0.349 e. The van der Waals surface area contributed by atoms with E-state index in [2.05, 4.69) is 15.6 Å². The maximum atomic E-state index is 11.4. The van der Waals surface area contributed by atoms with Crippen LogP contribution in [0.3, 0.4) is 0 Å². The van der Waals surface area contributed by atoms with E-state index >= 15 is 0 Å². The number of carbonyl (C=O) groups is 1. The minimum absolute atomic E-state index is 0.227. The molecule has 0 atom stereocenters. The van der Waals surface area contributed by atoms with E-state index in [1.165, 1.54) is 12.3 Å². The van der Waals surface area contributed by atoms with Gasteiger partial charge in [-0.1, -0.05) is 0 Å². The molecule has 0 spiro atoms. The number of nitrogens with zero attached hydrogens (tertiary/aromatic N) is 2. The summed E-state index contributed by atoms with van der Waals surface area (Å²) in [6.07, 6.45) is 1.38. The Morgan fingerprint density at radius 2 is 2.33 bits per heavy atom. The fraction of sp³-hybridized carbons (Fsp3) is 0.300. The lowest BCUT2D eigenvalue weighted by atomic mass is 10.2. The standard InChI is InChI=1S/C10H12N4O/c1-12-4-5-13-10(15)9-3-2-8(6-11)7-14-9/h2-3,7,12H,4-5H2,1H3,(H,13,15). The molecule has 1 aromatic rings. The number of hydrogen-bond donors (Lipinski definition) is 2. The summed E-state index contributed by atoms with van der Waals surface area (Å²) < 4.78 is 0. The van der Waals surface area contributed by atoms with Crippen LogP contribution >= 0.6 is 0 Å². The Kier molecular flexibility index (Phi) is 4.26. The predicted molar refractivity (Wildman–Crippen MR) is 55.2 cm³/mol. The molecule has 0 saturated heterocycles. The van der Waals surface area contributed by atoms with E-state index in [1.807, 2.05) is 13.1 Å². The van der Waals surface area contributed by atoms with Crippen LogP contribution in [0.25, 0.3) is 0 Å². The van der Waals surface area contributed by atoms with Crippen molar-refractivity contribution in [2.75, 3.05) is 20.1 Å². The molecular formula is C10H12N4O. The second-order valence-corrected chi connectivity index (χ2v) is 2.90. The van der Waals surface area contributed by atoms with Crippen LogP contribution in [0, 0.1) is 11.3 Å². The lowest BCUT2D eigenvalue weighted by Gasteiger charge is -2.03. The van der Waals surface area contributed by atoms with Gasteiger partial charge in [0.15, 0.2) is 0 Å². The largest absolute Gasteiger partial charge is 0.349 e. The smallest absolute Gasteiger partial charge is 0.269 e. The maximum Gasteiger partial charge on any atom is 0.269 e. The highest BCUT2D eigenvalue weighted by molar-refractivity contribution is 5.92. The fourth-order valence-corrected chi connectivity index (χ4v) is 0.986. The summed E-state index contributed by atoms with van der Waals surface area (Å²) in [5.41, 5.74) is 0.770. The highest BCUT2D eigenvalue weighted by atomic mass is 16.1. The molecule has 1 rings (SSSR count). The summed E-state index contributed by atoms with van der Waals surface area (Å²) in [7, 11) is 1.81. The van der Waals surface area contributed by atoms with Crippen LogP contribution in [0.2, 0.25) is 0 Å². The van der Waals surface area contributed by atoms with E-state index in [9.17, 15) is 4.79 Å². The van der Waals surface area contributed by atoms with Crippen molar-refractivity contribution >= 4 is 5.91 Å². The summed E-state index contributed by atoms with van der Waals surface area (Å²) in [4.78, 5) is 15.3. The highest BCUT2D eigenvalue weighted by Crippen LogP contribution is 1.98. The van der Waals surface area contributed by atoms with Crippen molar-refractivity contribution in [2.45, 2.75) is 0 Å². The lowest BCUT2D eigenvalue weighted by molar-refractivity contribution is 0.0949. The molecule has 0 bridgehead atoms. The Morgan fingerprint density at radius 3 is 2.87 bits per heavy atom. The number of amides is 1. The Bertz CT molecular complexity index is 366. The summed E-state index contributed by atoms with van der Waals surface area (Å²) in [6, 6.07) is 5.05. The molecule has 1 amide bonds. The van der Waals surface area contributed by atoms with Crippen LogP contribution in [0.15, 0.2) is 18.3 Å². The summed E-state index contributed by atoms with van der Waals surface area (Å²) in [5, 5.41) is 14.1. The van der Waals surface area contributed by atoms with E-state index < -0.39 is 0 Å². The molecule has 78 valence electrons. The monoisotopic (exact) mass is 204 g/mol. The van der Waals surface area contributed by atoms with Crippen molar-refractivity contribution in [2.24, 2.45) is 0 Å². The second kappa shape index (κ2) is 5.73. The molecule has 1 aromatic heterocycles. The third-order valence-corrected chi connectivity index (χ3v) is 1.79. The molecule has 15 heavy (non-hydrogen) atoms. The Hall–Kier alpha value is -1.93. The highest BCUT2D eigenvalue weighted by Gasteiger charge is 2.05. The number of hydrogen-bond acceptors (Lipinski definition) is 4. The number of carbonyl (C=O) groups excluding carboxylic acids is 1. The average Bonchev–Trinajstić information content (AvgIpc) is 2.29. The van der Waals surface area contributed by atoms with Crippen LogP contribution in [-0.4, -0.2) is 31.0 Å². The van der Waals surface area contributed by atoms with Crippen LogP contribution in [0.4, 0.5) is 0 Å². The molecule has 0 fully saturated rings. The Balaban J connectivity index is 2.55. The van der Waals surface area contributed by atoms with Gasteiger partial charge < -0.3 is 10.6 Å². The van der Waals surface area contributed by atoms with Crippen LogP contribution in [0.5, 0.6) is 0 Å². The summed E-state index contributed by atoms with van der Waals surface area (Å²) >= 11 is 0. The van der Waals surface area contributed by atoms with Gasteiger partial charge in [-0.15, -0.1) is 0 Å². The summed E-state index contributed by atoms with van der Waals surface area (Å²) in [5.74, 6) is -0.227. The maximum absolute atomic E-state index is 11.4. The van der Waals surface area contributed by atoms with Gasteiger partial charge in [-0.2, -0.15) is 5.26 Å². The molecule has 2 N–H and O–H groups in total. The van der Waals surface area contributed by atoms with E-state index in [1.54, 1.807) is 6.07 Å². The zero-order valence-corrected chi connectivity index (χ0v) is 8.45. The molecule has 5 heteroatoms. The molecular weight excluding hydrogens is 192 g/mol. The van der Waals surface area contributed by atoms with Gasteiger partial charge in [0, 0.05) is 19.3 Å². The van der Waals surface area contributed by atoms with Crippen molar-refractivity contribution in [3.05, 3.63) is 29.6 Å². The molecule has 0 radical (unpaired) electrons. The van der Waals surface area contributed by atoms with Gasteiger partial charge >= 0.3 is 0 Å². The number of nitrogens with one attached hydrogen (secondary N) is 2. The molecule has 0 aliphatic carbocycles. The minimum atomic E-state index is -0.227. The number of aromatic nitrogens is 1. The molecule has 0 unspecified atom stereocenters. The Labute approximate surface area is 88.1 Å². The van der Waals surface area contributed by atoms with Crippen LogP contribution in [-0.2, 0) is 0 Å². The third-order valence-electron chi connectivity index (χ3n) is 1.79. The second-order valence-electron chi connectivity index (χ2n) is 2.90. The average molecular weight is 204 g/mol. The number of rotatable bonds is 4. The molecule has 0 saturated carbocycles. The fourth-order valence-electron chi connectivity index (χ4n) is 0.986. The quantitative estimate of drug-likeness (QED) is 0.671. The first-order chi connectivity index (χ1) is 7.27. The van der Waals surface area contributed by atoms with Gasteiger partial charge in [0.25, 0.3) is 5.91 Å². The van der Waals surface area contributed by atoms with Crippen molar-refractivity contribution in [1.29, 1.82) is 5.26 Å². The first kappa shape index (κ1) is 11.1. The topological polar surface area (TPSA) is 77.8 Å². The molecule has 0 aliphatic heterocycles. The lowest BCUT2D eigenvalue weighted by Crippen LogP contribution is -2.30. The van der Waals surface area contributed by atoms with E-state index in [0.717, 1.165) is 0 Å². The van der Waals surface area contributed by atoms with Crippen molar-refractivity contribution in [3.8, 4) is 6.07 Å². The summed E-state index contributed by atoms with van der Waals surface area (Å²) in [6.45, 7) is 1.26. The van der Waals surface area contributed by atoms with E-state index in [0.29, 0.717) is 24.3 Å². The first-order valence-corrected chi connectivity index (χ1v) is 4.57. The predicted octanol–water partition coefficient (Wildman–Crippen LogP) is -0.0975. The molecule has 0 aliphatic rings. The SMILES string of the molecule is CNCCNC(=O)c1ccc(C#N)cn1. The van der Waals surface area contributed by atoms with Crippen molar-refractivity contribution in [3.63, 3.8) is 0 Å². The Morgan fingerprint density at radius 1 is 1.53 bits per heavy atom. The molecule has 5 nitrogen and oxygen atoms in total. The first-order valence-electron chi connectivity index (χ1n) is 4.57. The number of pyridine rings is 1. The van der Waals surface area contributed by atoms with Gasteiger partial charge in [0.05, 0.1) is 5.56 Å². The zero-order valence-electron chi connectivity index (χ0n) is 8.45. The van der Waals surface area contributed by atoms with Crippen molar-refractivity contribution in [1.82, 2.24) is 15.6 Å².